The summed E-state index contributed by atoms with van der Waals surface area (Å²) >= 11 is 7.45. The molecular weight excluding hydrogens is 308 g/mol. The molecule has 0 spiro atoms. The molecule has 2 rings (SSSR count). The number of hydrogen-bond acceptors (Lipinski definition) is 5. The molecule has 0 radical (unpaired) electrons. The van der Waals surface area contributed by atoms with Gasteiger partial charge in [0.25, 0.3) is 0 Å². The van der Waals surface area contributed by atoms with E-state index in [1.807, 2.05) is 24.3 Å². The molecule has 1 N–H and O–H groups in total. The highest BCUT2D eigenvalue weighted by Crippen LogP contribution is 2.18. The van der Waals surface area contributed by atoms with Gasteiger partial charge in [-0.15, -0.1) is 11.3 Å². The van der Waals surface area contributed by atoms with Gasteiger partial charge in [-0.1, -0.05) is 11.6 Å². The zero-order valence-electron chi connectivity index (χ0n) is 12.0. The summed E-state index contributed by atoms with van der Waals surface area (Å²) in [5.41, 5.74) is 1.05. The van der Waals surface area contributed by atoms with E-state index < -0.39 is 0 Å². The molecule has 1 aromatic carbocycles. The standard InChI is InChI=1S/C15H19ClN2O2S/c1-19-8-2-7-17-9-13-11-21-15(18-13)10-20-14-5-3-12(16)4-6-14/h3-6,11,17H,2,7-10H2,1H3. The summed E-state index contributed by atoms with van der Waals surface area (Å²) < 4.78 is 10.7. The minimum Gasteiger partial charge on any atom is -0.486 e. The molecule has 1 aromatic heterocycles. The van der Waals surface area contributed by atoms with Crippen LogP contribution in [0.3, 0.4) is 0 Å². The topological polar surface area (TPSA) is 43.4 Å². The molecule has 1 heterocycles. The average Bonchev–Trinajstić information content (AvgIpc) is 2.94. The first-order chi connectivity index (χ1) is 10.3. The molecule has 6 heteroatoms. The molecular formula is C15H19ClN2O2S. The van der Waals surface area contributed by atoms with Gasteiger partial charge in [-0.2, -0.15) is 0 Å². The Bertz CT molecular complexity index is 531. The number of hydrogen-bond donors (Lipinski definition) is 1. The third kappa shape index (κ3) is 6.01. The van der Waals surface area contributed by atoms with Crippen LogP contribution >= 0.6 is 22.9 Å². The molecule has 114 valence electrons. The van der Waals surface area contributed by atoms with Gasteiger partial charge in [0.15, 0.2) is 0 Å². The maximum absolute atomic E-state index is 5.83. The van der Waals surface area contributed by atoms with E-state index in [1.165, 1.54) is 0 Å². The fourth-order valence-electron chi connectivity index (χ4n) is 1.73. The van der Waals surface area contributed by atoms with E-state index in [1.54, 1.807) is 18.4 Å². The third-order valence-corrected chi connectivity index (χ3v) is 3.91. The first-order valence-corrected chi connectivity index (χ1v) is 8.05. The van der Waals surface area contributed by atoms with Crippen LogP contribution in [0.1, 0.15) is 17.1 Å². The van der Waals surface area contributed by atoms with Crippen LogP contribution in [0.25, 0.3) is 0 Å². The molecule has 0 saturated heterocycles. The average molecular weight is 327 g/mol. The number of nitrogens with one attached hydrogen (secondary N) is 1. The molecule has 0 amide bonds. The van der Waals surface area contributed by atoms with Crippen molar-refractivity contribution in [2.45, 2.75) is 19.6 Å². The smallest absolute Gasteiger partial charge is 0.140 e. The minimum absolute atomic E-state index is 0.482. The lowest BCUT2D eigenvalue weighted by Gasteiger charge is -2.03. The zero-order valence-corrected chi connectivity index (χ0v) is 13.5. The lowest BCUT2D eigenvalue weighted by molar-refractivity contribution is 0.194. The highest BCUT2D eigenvalue weighted by atomic mass is 35.5. The van der Waals surface area contributed by atoms with Gasteiger partial charge in [-0.25, -0.2) is 4.98 Å². The van der Waals surface area contributed by atoms with Crippen LogP contribution in [0.15, 0.2) is 29.6 Å². The number of rotatable bonds is 9. The summed E-state index contributed by atoms with van der Waals surface area (Å²) in [6.07, 6.45) is 1.01. The van der Waals surface area contributed by atoms with Crippen molar-refractivity contribution in [3.8, 4) is 5.75 Å². The first kappa shape index (κ1) is 16.2. The molecule has 4 nitrogen and oxygen atoms in total. The van der Waals surface area contributed by atoms with Crippen LogP contribution in [-0.2, 0) is 17.9 Å². The van der Waals surface area contributed by atoms with Crippen molar-refractivity contribution in [3.05, 3.63) is 45.4 Å². The Kier molecular flexibility index (Phi) is 6.95. The third-order valence-electron chi connectivity index (χ3n) is 2.78. The summed E-state index contributed by atoms with van der Waals surface area (Å²) in [6.45, 7) is 2.98. The summed E-state index contributed by atoms with van der Waals surface area (Å²) in [4.78, 5) is 4.53. The van der Waals surface area contributed by atoms with Gasteiger partial charge < -0.3 is 14.8 Å². The Hall–Kier alpha value is -1.14. The highest BCUT2D eigenvalue weighted by Gasteiger charge is 2.03. The Morgan fingerprint density at radius 1 is 1.29 bits per heavy atom. The Morgan fingerprint density at radius 3 is 2.86 bits per heavy atom. The van der Waals surface area contributed by atoms with Gasteiger partial charge in [0.2, 0.25) is 0 Å². The Morgan fingerprint density at radius 2 is 2.10 bits per heavy atom. The normalized spacial score (nSPS) is 10.8. The SMILES string of the molecule is COCCCNCc1csc(COc2ccc(Cl)cc2)n1. The number of ether oxygens (including phenoxy) is 2. The van der Waals surface area contributed by atoms with Crippen molar-refractivity contribution in [2.75, 3.05) is 20.3 Å². The largest absolute Gasteiger partial charge is 0.486 e. The van der Waals surface area contributed by atoms with E-state index >= 15 is 0 Å². The van der Waals surface area contributed by atoms with Crippen LogP contribution < -0.4 is 10.1 Å². The molecule has 0 aliphatic carbocycles. The van der Waals surface area contributed by atoms with E-state index in [0.29, 0.717) is 11.6 Å². The maximum atomic E-state index is 5.83. The molecule has 0 atom stereocenters. The fourth-order valence-corrected chi connectivity index (χ4v) is 2.56. The number of aromatic nitrogens is 1. The second-order valence-corrected chi connectivity index (χ2v) is 5.88. The second-order valence-electron chi connectivity index (χ2n) is 4.50. The number of thiazole rings is 1. The lowest BCUT2D eigenvalue weighted by atomic mass is 10.3. The van der Waals surface area contributed by atoms with Crippen molar-refractivity contribution < 1.29 is 9.47 Å². The second kappa shape index (κ2) is 9.00. The number of methoxy groups -OCH3 is 1. The van der Waals surface area contributed by atoms with Crippen molar-refractivity contribution in [3.63, 3.8) is 0 Å². The number of benzene rings is 1. The van der Waals surface area contributed by atoms with Crippen LogP contribution in [0.2, 0.25) is 5.02 Å². The van der Waals surface area contributed by atoms with E-state index in [2.05, 4.69) is 15.7 Å². The summed E-state index contributed by atoms with van der Waals surface area (Å²) in [5.74, 6) is 0.800. The quantitative estimate of drug-likeness (QED) is 0.716. The van der Waals surface area contributed by atoms with E-state index in [-0.39, 0.29) is 0 Å². The van der Waals surface area contributed by atoms with Crippen molar-refractivity contribution in [2.24, 2.45) is 0 Å². The number of nitrogens with zero attached hydrogens (tertiary/aromatic N) is 1. The summed E-state index contributed by atoms with van der Waals surface area (Å²) in [6, 6.07) is 7.34. The van der Waals surface area contributed by atoms with Crippen molar-refractivity contribution in [1.29, 1.82) is 0 Å². The van der Waals surface area contributed by atoms with Gasteiger partial charge in [-0.05, 0) is 37.2 Å². The highest BCUT2D eigenvalue weighted by molar-refractivity contribution is 7.09. The van der Waals surface area contributed by atoms with Crippen LogP contribution in [-0.4, -0.2) is 25.2 Å². The van der Waals surface area contributed by atoms with Gasteiger partial charge in [0.05, 0.1) is 5.69 Å². The lowest BCUT2D eigenvalue weighted by Crippen LogP contribution is -2.16. The Balaban J connectivity index is 1.71. The van der Waals surface area contributed by atoms with Crippen molar-refractivity contribution in [1.82, 2.24) is 10.3 Å². The predicted octanol–water partition coefficient (Wildman–Crippen LogP) is 3.50. The number of halogens is 1. The molecule has 2 aromatic rings. The summed E-state index contributed by atoms with van der Waals surface area (Å²) in [5, 5.41) is 7.08. The molecule has 0 saturated carbocycles. The van der Waals surface area contributed by atoms with Crippen molar-refractivity contribution >= 4 is 22.9 Å². The van der Waals surface area contributed by atoms with Gasteiger partial charge in [0, 0.05) is 30.7 Å². The van der Waals surface area contributed by atoms with E-state index in [0.717, 1.165) is 42.6 Å². The van der Waals surface area contributed by atoms with Gasteiger partial charge in [-0.3, -0.25) is 0 Å². The van der Waals surface area contributed by atoms with Crippen LogP contribution in [0.5, 0.6) is 5.75 Å². The minimum atomic E-state index is 0.482. The molecule has 0 aliphatic heterocycles. The molecule has 0 unspecified atom stereocenters. The molecule has 21 heavy (non-hydrogen) atoms. The van der Waals surface area contributed by atoms with Gasteiger partial charge >= 0.3 is 0 Å². The fraction of sp³-hybridized carbons (Fsp3) is 0.400. The Labute approximate surface area is 134 Å². The predicted molar refractivity (Wildman–Crippen MR) is 86.1 cm³/mol. The van der Waals surface area contributed by atoms with E-state index in [9.17, 15) is 0 Å². The molecule has 0 bridgehead atoms. The summed E-state index contributed by atoms with van der Waals surface area (Å²) in [7, 11) is 1.72. The molecule has 0 fully saturated rings. The first-order valence-electron chi connectivity index (χ1n) is 6.79. The van der Waals surface area contributed by atoms with Gasteiger partial charge in [0.1, 0.15) is 17.4 Å². The van der Waals surface area contributed by atoms with Crippen LogP contribution in [0, 0.1) is 0 Å². The molecule has 0 aliphatic rings. The van der Waals surface area contributed by atoms with Crippen LogP contribution in [0.4, 0.5) is 0 Å². The maximum Gasteiger partial charge on any atom is 0.140 e. The monoisotopic (exact) mass is 326 g/mol. The van der Waals surface area contributed by atoms with E-state index in [4.69, 9.17) is 21.1 Å². The zero-order chi connectivity index (χ0) is 14.9.